The fourth-order valence-electron chi connectivity index (χ4n) is 1.04. The first-order valence-corrected chi connectivity index (χ1v) is 6.84. The van der Waals surface area contributed by atoms with E-state index in [0.29, 0.717) is 12.8 Å². The molecule has 0 aromatic heterocycles. The van der Waals surface area contributed by atoms with E-state index in [1.807, 2.05) is 0 Å². The van der Waals surface area contributed by atoms with Gasteiger partial charge in [-0.15, -0.1) is 0 Å². The molecule has 0 saturated heterocycles. The van der Waals surface area contributed by atoms with Crippen LogP contribution in [-0.2, 0) is 15.0 Å². The fourth-order valence-corrected chi connectivity index (χ4v) is 1.97. The van der Waals surface area contributed by atoms with Gasteiger partial charge < -0.3 is 10.2 Å². The zero-order valence-electron chi connectivity index (χ0n) is 10.1. The number of aliphatic hydroxyl groups excluding tert-OH is 1. The van der Waals surface area contributed by atoms with Crippen LogP contribution in [0.5, 0.6) is 0 Å². The molecule has 0 rings (SSSR count). The van der Waals surface area contributed by atoms with Crippen LogP contribution in [0.1, 0.15) is 26.2 Å². The largest absolute Gasteiger partial charge is 0.481 e. The monoisotopic (exact) mass is 268 g/mol. The second-order valence-corrected chi connectivity index (χ2v) is 5.58. The summed E-state index contributed by atoms with van der Waals surface area (Å²) in [4.78, 5) is 10.3. The second kappa shape index (κ2) is 7.59. The second-order valence-electron chi connectivity index (χ2n) is 3.72. The molecule has 0 aromatic carbocycles. The van der Waals surface area contributed by atoms with E-state index in [9.17, 15) is 18.3 Å². The minimum atomic E-state index is -3.65. The van der Waals surface area contributed by atoms with Crippen LogP contribution < -0.4 is 4.72 Å². The third-order valence-corrected chi connectivity index (χ3v) is 3.86. The summed E-state index contributed by atoms with van der Waals surface area (Å²) in [6, 6.07) is 0. The van der Waals surface area contributed by atoms with Gasteiger partial charge in [0.15, 0.2) is 0 Å². The number of rotatable bonds is 9. The summed E-state index contributed by atoms with van der Waals surface area (Å²) in [5, 5.41) is 17.7. The molecule has 1 atom stereocenters. The molecule has 0 fully saturated rings. The van der Waals surface area contributed by atoms with E-state index in [-0.39, 0.29) is 19.5 Å². The van der Waals surface area contributed by atoms with Crippen molar-refractivity contribution in [3.63, 3.8) is 0 Å². The van der Waals surface area contributed by atoms with Gasteiger partial charge in [-0.25, -0.2) is 4.72 Å². The Labute approximate surface area is 102 Å². The van der Waals surface area contributed by atoms with Crippen molar-refractivity contribution >= 4 is 16.2 Å². The van der Waals surface area contributed by atoms with E-state index in [1.54, 1.807) is 6.92 Å². The predicted octanol–water partition coefficient (Wildman–Crippen LogP) is -0.612. The summed E-state index contributed by atoms with van der Waals surface area (Å²) in [7, 11) is -2.34. The molecule has 0 bridgehead atoms. The Hall–Kier alpha value is -0.700. The normalized spacial score (nSPS) is 13.9. The number of nitrogens with zero attached hydrogens (tertiary/aromatic N) is 1. The number of aliphatic hydroxyl groups is 1. The van der Waals surface area contributed by atoms with Gasteiger partial charge >= 0.3 is 5.97 Å². The first kappa shape index (κ1) is 16.3. The van der Waals surface area contributed by atoms with E-state index < -0.39 is 22.3 Å². The van der Waals surface area contributed by atoms with Crippen LogP contribution in [0.2, 0.25) is 0 Å². The maximum absolute atomic E-state index is 11.6. The van der Waals surface area contributed by atoms with Crippen LogP contribution in [0.15, 0.2) is 0 Å². The predicted molar refractivity (Wildman–Crippen MR) is 62.7 cm³/mol. The molecule has 8 heteroatoms. The smallest absolute Gasteiger partial charge is 0.304 e. The van der Waals surface area contributed by atoms with Gasteiger partial charge in [0.2, 0.25) is 0 Å². The Morgan fingerprint density at radius 2 is 2.06 bits per heavy atom. The van der Waals surface area contributed by atoms with Crippen molar-refractivity contribution in [2.75, 3.05) is 20.1 Å². The number of carbonyl (C=O) groups is 1. The number of carboxylic acid groups (broad SMARTS) is 1. The highest BCUT2D eigenvalue weighted by Crippen LogP contribution is 1.99. The topological polar surface area (TPSA) is 107 Å². The van der Waals surface area contributed by atoms with E-state index in [4.69, 9.17) is 5.11 Å². The molecule has 3 N–H and O–H groups in total. The van der Waals surface area contributed by atoms with E-state index >= 15 is 0 Å². The molecular formula is C9H20N2O5S. The van der Waals surface area contributed by atoms with Crippen LogP contribution in [0, 0.1) is 0 Å². The number of carboxylic acids is 1. The van der Waals surface area contributed by atoms with Crippen LogP contribution >= 0.6 is 0 Å². The molecule has 0 aliphatic carbocycles. The van der Waals surface area contributed by atoms with Crippen molar-refractivity contribution in [3.8, 4) is 0 Å². The van der Waals surface area contributed by atoms with Crippen molar-refractivity contribution < 1.29 is 23.4 Å². The third-order valence-electron chi connectivity index (χ3n) is 2.28. The number of aliphatic carboxylic acids is 1. The molecule has 1 unspecified atom stereocenters. The zero-order chi connectivity index (χ0) is 13.5. The first-order valence-electron chi connectivity index (χ1n) is 5.40. The molecule has 0 radical (unpaired) electrons. The van der Waals surface area contributed by atoms with Gasteiger partial charge in [-0.1, -0.05) is 6.92 Å². The van der Waals surface area contributed by atoms with Gasteiger partial charge in [0.1, 0.15) is 0 Å². The number of hydrogen-bond acceptors (Lipinski definition) is 4. The van der Waals surface area contributed by atoms with Crippen molar-refractivity contribution in [1.82, 2.24) is 9.03 Å². The number of nitrogens with one attached hydrogen (secondary N) is 1. The number of hydrogen-bond donors (Lipinski definition) is 3. The Balaban J connectivity index is 4.05. The maximum atomic E-state index is 11.6. The third kappa shape index (κ3) is 7.27. The average molecular weight is 268 g/mol. The molecule has 17 heavy (non-hydrogen) atoms. The fraction of sp³-hybridized carbons (Fsp3) is 0.889. The minimum absolute atomic E-state index is 0.0823. The van der Waals surface area contributed by atoms with Gasteiger partial charge in [-0.05, 0) is 12.8 Å². The molecule has 102 valence electrons. The molecule has 7 nitrogen and oxygen atoms in total. The highest BCUT2D eigenvalue weighted by molar-refractivity contribution is 7.87. The summed E-state index contributed by atoms with van der Waals surface area (Å²) >= 11 is 0. The molecule has 0 aliphatic rings. The molecule has 0 amide bonds. The summed E-state index contributed by atoms with van der Waals surface area (Å²) in [6.45, 7) is 1.86. The van der Waals surface area contributed by atoms with Crippen LogP contribution in [0.3, 0.4) is 0 Å². The van der Waals surface area contributed by atoms with Crippen LogP contribution in [0.4, 0.5) is 0 Å². The van der Waals surface area contributed by atoms with Gasteiger partial charge in [0.05, 0.1) is 12.5 Å². The maximum Gasteiger partial charge on any atom is 0.304 e. The lowest BCUT2D eigenvalue weighted by Crippen LogP contribution is -2.40. The highest BCUT2D eigenvalue weighted by atomic mass is 32.2. The van der Waals surface area contributed by atoms with Crippen LogP contribution in [-0.4, -0.2) is 55.1 Å². The lowest BCUT2D eigenvalue weighted by Gasteiger charge is -2.17. The molecule has 0 saturated carbocycles. The van der Waals surface area contributed by atoms with Crippen LogP contribution in [0.25, 0.3) is 0 Å². The van der Waals surface area contributed by atoms with Gasteiger partial charge in [-0.2, -0.15) is 12.7 Å². The summed E-state index contributed by atoms with van der Waals surface area (Å²) in [5.41, 5.74) is 0. The molecule has 0 spiro atoms. The van der Waals surface area contributed by atoms with Gasteiger partial charge in [-0.3, -0.25) is 4.79 Å². The lowest BCUT2D eigenvalue weighted by molar-refractivity contribution is -0.137. The summed E-state index contributed by atoms with van der Waals surface area (Å²) in [6.07, 6.45) is 0.135. The molecule has 0 heterocycles. The van der Waals surface area contributed by atoms with E-state index in [0.717, 1.165) is 4.31 Å². The quantitative estimate of drug-likeness (QED) is 0.517. The lowest BCUT2D eigenvalue weighted by atomic mass is 10.2. The van der Waals surface area contributed by atoms with Crippen molar-refractivity contribution in [3.05, 3.63) is 0 Å². The Morgan fingerprint density at radius 3 is 2.53 bits per heavy atom. The first-order chi connectivity index (χ1) is 7.79. The summed E-state index contributed by atoms with van der Waals surface area (Å²) < 4.78 is 26.3. The van der Waals surface area contributed by atoms with E-state index in [1.165, 1.54) is 7.05 Å². The Morgan fingerprint density at radius 1 is 1.47 bits per heavy atom. The molecule has 0 aliphatic heterocycles. The minimum Gasteiger partial charge on any atom is -0.481 e. The van der Waals surface area contributed by atoms with Crippen molar-refractivity contribution in [1.29, 1.82) is 0 Å². The summed E-state index contributed by atoms with van der Waals surface area (Å²) in [5.74, 6) is -1.05. The van der Waals surface area contributed by atoms with Crippen molar-refractivity contribution in [2.45, 2.75) is 32.3 Å². The molecule has 0 aromatic rings. The van der Waals surface area contributed by atoms with Gasteiger partial charge in [0.25, 0.3) is 10.2 Å². The molecular weight excluding hydrogens is 248 g/mol. The SMILES string of the molecule is CCC(O)CCNS(=O)(=O)N(C)CCC(=O)O. The van der Waals surface area contributed by atoms with Gasteiger partial charge in [0, 0.05) is 20.1 Å². The van der Waals surface area contributed by atoms with E-state index in [2.05, 4.69) is 4.72 Å². The highest BCUT2D eigenvalue weighted by Gasteiger charge is 2.17. The Kier molecular flexibility index (Phi) is 7.28. The Bertz CT molecular complexity index is 330. The average Bonchev–Trinajstić information content (AvgIpc) is 2.25. The zero-order valence-corrected chi connectivity index (χ0v) is 10.9. The standard InChI is InChI=1S/C9H20N2O5S/c1-3-8(12)4-6-10-17(15,16)11(2)7-5-9(13)14/h8,10,12H,3-7H2,1-2H3,(H,13,14). The van der Waals surface area contributed by atoms with Crippen molar-refractivity contribution in [2.24, 2.45) is 0 Å².